The van der Waals surface area contributed by atoms with Crippen LogP contribution in [0.4, 0.5) is 0 Å². The Bertz CT molecular complexity index is 971. The van der Waals surface area contributed by atoms with Crippen LogP contribution in [0.5, 0.6) is 0 Å². The summed E-state index contributed by atoms with van der Waals surface area (Å²) in [4.78, 5) is 50.0. The summed E-state index contributed by atoms with van der Waals surface area (Å²) in [7, 11) is 0. The van der Waals surface area contributed by atoms with E-state index in [-0.39, 0.29) is 5.57 Å². The second-order valence-electron chi connectivity index (χ2n) is 9.61. The maximum atomic E-state index is 13.2. The molecule has 9 nitrogen and oxygen atoms in total. The molecule has 0 amide bonds. The second kappa shape index (κ2) is 7.65. The molecule has 4 rings (SSSR count). The molecule has 180 valence electrons. The number of aliphatic hydroxyl groups is 2. The van der Waals surface area contributed by atoms with E-state index in [4.69, 9.17) is 25.8 Å². The molecule has 0 bridgehead atoms. The quantitative estimate of drug-likeness (QED) is 0.252. The number of fused-ring (bicyclic) bond motifs is 1. The Morgan fingerprint density at radius 2 is 1.76 bits per heavy atom. The van der Waals surface area contributed by atoms with Crippen molar-refractivity contribution in [3.05, 3.63) is 24.3 Å². The zero-order valence-electron chi connectivity index (χ0n) is 18.7. The summed E-state index contributed by atoms with van der Waals surface area (Å²) < 4.78 is 16.6. The Balaban J connectivity index is 1.99. The van der Waals surface area contributed by atoms with Gasteiger partial charge in [0.25, 0.3) is 0 Å². The van der Waals surface area contributed by atoms with E-state index in [1.165, 1.54) is 20.8 Å². The molecule has 0 aromatic carbocycles. The van der Waals surface area contributed by atoms with Crippen molar-refractivity contribution in [1.82, 2.24) is 0 Å². The van der Waals surface area contributed by atoms with Crippen LogP contribution in [0.2, 0.25) is 0 Å². The molecule has 1 saturated heterocycles. The number of hydrogen-bond acceptors (Lipinski definition) is 9. The number of esters is 3. The van der Waals surface area contributed by atoms with Gasteiger partial charge in [0, 0.05) is 31.6 Å². The molecule has 0 aromatic heterocycles. The Morgan fingerprint density at radius 1 is 1.15 bits per heavy atom. The standard InChI is InChI=1S/C23H27ClO9/c1-8-16(24)20-23(30,9(2)21(28)33-20)19(32-11(4)26)15-14-12(17(8)31-10(3)25)6-7-13(14)18(27)22(15,5)29/h6-7,9,12-17,19-20,29-30H,1H2,2-5H3/t9-,12-,13+,14-,15-,16-,17+,19-,20-,22-,23+/m0/s1. The van der Waals surface area contributed by atoms with E-state index >= 15 is 0 Å². The maximum Gasteiger partial charge on any atom is 0.312 e. The van der Waals surface area contributed by atoms with Crippen LogP contribution in [0.1, 0.15) is 27.7 Å². The minimum Gasteiger partial charge on any atom is -0.459 e. The molecule has 4 aliphatic rings. The van der Waals surface area contributed by atoms with E-state index in [9.17, 15) is 29.4 Å². The normalized spacial score (nSPS) is 48.3. The zero-order valence-corrected chi connectivity index (χ0v) is 19.4. The first-order chi connectivity index (χ1) is 15.2. The van der Waals surface area contributed by atoms with Crippen LogP contribution in [-0.2, 0) is 33.4 Å². The summed E-state index contributed by atoms with van der Waals surface area (Å²) in [5.74, 6) is -7.26. The third-order valence-corrected chi connectivity index (χ3v) is 8.22. The number of alkyl halides is 1. The lowest BCUT2D eigenvalue weighted by molar-refractivity contribution is -0.204. The highest BCUT2D eigenvalue weighted by Crippen LogP contribution is 2.58. The Hall–Kier alpha value is -2.23. The fourth-order valence-corrected chi connectivity index (χ4v) is 6.55. The molecule has 3 fully saturated rings. The van der Waals surface area contributed by atoms with Crippen LogP contribution in [0.3, 0.4) is 0 Å². The highest BCUT2D eigenvalue weighted by atomic mass is 35.5. The molecule has 3 aliphatic carbocycles. The smallest absolute Gasteiger partial charge is 0.312 e. The van der Waals surface area contributed by atoms with Gasteiger partial charge in [-0.25, -0.2) is 0 Å². The van der Waals surface area contributed by atoms with Crippen molar-refractivity contribution < 1.29 is 43.6 Å². The topological polar surface area (TPSA) is 136 Å². The lowest BCUT2D eigenvalue weighted by Gasteiger charge is -2.44. The minimum atomic E-state index is -2.19. The second-order valence-corrected chi connectivity index (χ2v) is 10.1. The summed E-state index contributed by atoms with van der Waals surface area (Å²) in [5, 5.41) is 22.2. The monoisotopic (exact) mass is 482 g/mol. The third-order valence-electron chi connectivity index (χ3n) is 7.71. The van der Waals surface area contributed by atoms with Crippen LogP contribution >= 0.6 is 11.6 Å². The fourth-order valence-electron chi connectivity index (χ4n) is 6.17. The molecular formula is C23H27ClO9. The van der Waals surface area contributed by atoms with Crippen molar-refractivity contribution in [2.75, 3.05) is 0 Å². The molecular weight excluding hydrogens is 456 g/mol. The molecule has 11 atom stereocenters. The average molecular weight is 483 g/mol. The van der Waals surface area contributed by atoms with Gasteiger partial charge >= 0.3 is 17.9 Å². The highest BCUT2D eigenvalue weighted by molar-refractivity contribution is 6.23. The predicted octanol–water partition coefficient (Wildman–Crippen LogP) is 0.688. The van der Waals surface area contributed by atoms with Gasteiger partial charge in [-0.1, -0.05) is 18.7 Å². The van der Waals surface area contributed by atoms with E-state index in [2.05, 4.69) is 6.58 Å². The number of carbonyl (C=O) groups is 4. The van der Waals surface area contributed by atoms with Gasteiger partial charge in [0.1, 0.15) is 17.8 Å². The first kappa shape index (κ1) is 23.9. The van der Waals surface area contributed by atoms with Gasteiger partial charge in [-0.05, 0) is 25.3 Å². The lowest BCUT2D eigenvalue weighted by atomic mass is 9.68. The Kier molecular flexibility index (Phi) is 5.54. The van der Waals surface area contributed by atoms with Crippen molar-refractivity contribution in [2.24, 2.45) is 29.6 Å². The molecule has 0 spiro atoms. The summed E-state index contributed by atoms with van der Waals surface area (Å²) in [5.41, 5.74) is -4.06. The van der Waals surface area contributed by atoms with Gasteiger partial charge in [-0.3, -0.25) is 19.2 Å². The molecule has 0 radical (unpaired) electrons. The van der Waals surface area contributed by atoms with E-state index in [1.54, 1.807) is 12.2 Å². The molecule has 2 N–H and O–H groups in total. The summed E-state index contributed by atoms with van der Waals surface area (Å²) in [6.45, 7) is 9.02. The van der Waals surface area contributed by atoms with Gasteiger partial charge < -0.3 is 24.4 Å². The third kappa shape index (κ3) is 3.19. The van der Waals surface area contributed by atoms with E-state index in [0.29, 0.717) is 0 Å². The number of ketones is 1. The van der Waals surface area contributed by atoms with Crippen molar-refractivity contribution in [3.63, 3.8) is 0 Å². The number of hydrogen-bond donors (Lipinski definition) is 2. The molecule has 1 aliphatic heterocycles. The van der Waals surface area contributed by atoms with Crippen molar-refractivity contribution in [1.29, 1.82) is 0 Å². The first-order valence-corrected chi connectivity index (χ1v) is 11.2. The Morgan fingerprint density at radius 3 is 2.33 bits per heavy atom. The van der Waals surface area contributed by atoms with E-state index < -0.39 is 88.2 Å². The molecule has 33 heavy (non-hydrogen) atoms. The van der Waals surface area contributed by atoms with Gasteiger partial charge in [0.05, 0.1) is 11.3 Å². The summed E-state index contributed by atoms with van der Waals surface area (Å²) in [6, 6.07) is 0. The van der Waals surface area contributed by atoms with E-state index in [1.807, 2.05) is 0 Å². The summed E-state index contributed by atoms with van der Waals surface area (Å²) >= 11 is 6.69. The zero-order chi connectivity index (χ0) is 24.6. The van der Waals surface area contributed by atoms with Crippen LogP contribution in [0.15, 0.2) is 24.3 Å². The average Bonchev–Trinajstić information content (AvgIpc) is 3.30. The molecule has 2 saturated carbocycles. The number of carbonyl (C=O) groups excluding carboxylic acids is 4. The number of ether oxygens (including phenoxy) is 3. The SMILES string of the molecule is C=C1[C@@H](OC(C)=O)[C@H]2C=C[C@H]3C(=O)[C@@](C)(O)[C@@H]([C@@H]23)[C@H](OC(C)=O)[C@]2(O)[C@@H](C)C(=O)O[C@H]2[C@H]1Cl. The first-order valence-electron chi connectivity index (χ1n) is 10.8. The predicted molar refractivity (Wildman–Crippen MR) is 113 cm³/mol. The van der Waals surface area contributed by atoms with Gasteiger partial charge in [-0.2, -0.15) is 0 Å². The van der Waals surface area contributed by atoms with Gasteiger partial charge in [0.15, 0.2) is 17.5 Å². The minimum absolute atomic E-state index is 0.161. The molecule has 0 aromatic rings. The van der Waals surface area contributed by atoms with Crippen LogP contribution in [0, 0.1) is 29.6 Å². The van der Waals surface area contributed by atoms with Gasteiger partial charge in [0.2, 0.25) is 0 Å². The van der Waals surface area contributed by atoms with Crippen LogP contribution in [-0.4, -0.2) is 68.8 Å². The van der Waals surface area contributed by atoms with Crippen molar-refractivity contribution >= 4 is 35.3 Å². The maximum absolute atomic E-state index is 13.2. The van der Waals surface area contributed by atoms with Gasteiger partial charge in [-0.15, -0.1) is 11.6 Å². The highest BCUT2D eigenvalue weighted by Gasteiger charge is 2.73. The van der Waals surface area contributed by atoms with E-state index in [0.717, 1.165) is 6.92 Å². The Labute approximate surface area is 195 Å². The number of Topliss-reactive ketones (excluding diaryl/α,β-unsaturated/α-hetero) is 1. The fraction of sp³-hybridized carbons (Fsp3) is 0.652. The molecule has 0 unspecified atom stereocenters. The molecule has 1 heterocycles. The number of rotatable bonds is 2. The number of halogens is 1. The van der Waals surface area contributed by atoms with Crippen LogP contribution < -0.4 is 0 Å². The van der Waals surface area contributed by atoms with Crippen molar-refractivity contribution in [3.8, 4) is 0 Å². The lowest BCUT2D eigenvalue weighted by Crippen LogP contribution is -2.63. The largest absolute Gasteiger partial charge is 0.459 e. The van der Waals surface area contributed by atoms with Crippen molar-refractivity contribution in [2.45, 2.75) is 62.6 Å². The molecule has 10 heteroatoms. The number of allylic oxidation sites excluding steroid dienone is 1. The summed E-state index contributed by atoms with van der Waals surface area (Å²) in [6.07, 6.45) is -0.682. The van der Waals surface area contributed by atoms with Crippen LogP contribution in [0.25, 0.3) is 0 Å².